The maximum absolute atomic E-state index is 11.9. The first kappa shape index (κ1) is 16.7. The van der Waals surface area contributed by atoms with Crippen LogP contribution in [0.5, 0.6) is 0 Å². The van der Waals surface area contributed by atoms with Gasteiger partial charge in [0.25, 0.3) is 0 Å². The third kappa shape index (κ3) is 5.92. The number of methoxy groups -OCH3 is 1. The van der Waals surface area contributed by atoms with E-state index in [9.17, 15) is 9.59 Å². The Bertz CT molecular complexity index is 639. The summed E-state index contributed by atoms with van der Waals surface area (Å²) in [6, 6.07) is 16.9. The highest BCUT2D eigenvalue weighted by Crippen LogP contribution is 2.14. The van der Waals surface area contributed by atoms with E-state index in [0.29, 0.717) is 24.2 Å². The predicted molar refractivity (Wildman–Crippen MR) is 90.3 cm³/mol. The molecule has 0 heterocycles. The highest BCUT2D eigenvalue weighted by atomic mass is 16.5. The monoisotopic (exact) mass is 312 g/mol. The van der Waals surface area contributed by atoms with Crippen molar-refractivity contribution >= 4 is 23.2 Å². The van der Waals surface area contributed by atoms with Crippen molar-refractivity contribution < 1.29 is 14.3 Å². The lowest BCUT2D eigenvalue weighted by Crippen LogP contribution is -2.17. The number of benzene rings is 2. The second kappa shape index (κ2) is 8.70. The molecule has 0 spiro atoms. The topological polar surface area (TPSA) is 67.4 Å². The maximum atomic E-state index is 11.9. The molecule has 0 bridgehead atoms. The van der Waals surface area contributed by atoms with Gasteiger partial charge in [-0.1, -0.05) is 30.3 Å². The van der Waals surface area contributed by atoms with Crippen LogP contribution in [0, 0.1) is 0 Å². The van der Waals surface area contributed by atoms with E-state index in [-0.39, 0.29) is 18.4 Å². The summed E-state index contributed by atoms with van der Waals surface area (Å²) >= 11 is 0. The molecular formula is C18H20N2O3. The van der Waals surface area contributed by atoms with Gasteiger partial charge < -0.3 is 15.4 Å². The van der Waals surface area contributed by atoms with Gasteiger partial charge in [0.15, 0.2) is 0 Å². The number of rotatable bonds is 7. The minimum atomic E-state index is -0.216. The Balaban J connectivity index is 1.80. The molecule has 0 saturated carbocycles. The third-order valence-electron chi connectivity index (χ3n) is 3.21. The number of aryl methyl sites for hydroxylation is 1. The molecule has 0 aliphatic rings. The zero-order valence-corrected chi connectivity index (χ0v) is 13.0. The summed E-state index contributed by atoms with van der Waals surface area (Å²) in [4.78, 5) is 23.3. The lowest BCUT2D eigenvalue weighted by molar-refractivity contribution is -0.119. The van der Waals surface area contributed by atoms with Crippen LogP contribution < -0.4 is 10.6 Å². The first-order valence-corrected chi connectivity index (χ1v) is 7.40. The summed E-state index contributed by atoms with van der Waals surface area (Å²) in [7, 11) is 1.47. The summed E-state index contributed by atoms with van der Waals surface area (Å²) in [5.74, 6) is -0.253. The van der Waals surface area contributed by atoms with Crippen LogP contribution in [0.3, 0.4) is 0 Å². The second-order valence-corrected chi connectivity index (χ2v) is 5.09. The first-order chi connectivity index (χ1) is 11.2. The highest BCUT2D eigenvalue weighted by Gasteiger charge is 2.04. The van der Waals surface area contributed by atoms with E-state index in [2.05, 4.69) is 10.6 Å². The van der Waals surface area contributed by atoms with Gasteiger partial charge in [0.1, 0.15) is 6.61 Å². The van der Waals surface area contributed by atoms with Gasteiger partial charge in [0.2, 0.25) is 11.8 Å². The van der Waals surface area contributed by atoms with Gasteiger partial charge in [-0.25, -0.2) is 0 Å². The van der Waals surface area contributed by atoms with Gasteiger partial charge in [-0.3, -0.25) is 9.59 Å². The molecule has 120 valence electrons. The van der Waals surface area contributed by atoms with E-state index in [1.807, 2.05) is 30.3 Å². The van der Waals surface area contributed by atoms with Gasteiger partial charge in [0, 0.05) is 24.9 Å². The Morgan fingerprint density at radius 3 is 2.00 bits per heavy atom. The van der Waals surface area contributed by atoms with Crippen LogP contribution in [0.4, 0.5) is 11.4 Å². The molecule has 2 N–H and O–H groups in total. The Morgan fingerprint density at radius 1 is 0.870 bits per heavy atom. The summed E-state index contributed by atoms with van der Waals surface area (Å²) in [6.45, 7) is 0.0119. The molecule has 5 heteroatoms. The Hall–Kier alpha value is -2.66. The maximum Gasteiger partial charge on any atom is 0.250 e. The molecule has 2 amide bonds. The molecule has 0 atom stereocenters. The fourth-order valence-electron chi connectivity index (χ4n) is 2.09. The molecule has 5 nitrogen and oxygen atoms in total. The standard InChI is InChI=1S/C18H20N2O3/c1-23-13-18(22)20-16-10-8-15(9-11-16)19-17(21)12-7-14-5-3-2-4-6-14/h2-6,8-11H,7,12-13H2,1H3,(H,19,21)(H,20,22). The number of hydrogen-bond acceptors (Lipinski definition) is 3. The molecule has 2 aromatic carbocycles. The van der Waals surface area contributed by atoms with Crippen molar-refractivity contribution in [1.82, 2.24) is 0 Å². The largest absolute Gasteiger partial charge is 0.375 e. The van der Waals surface area contributed by atoms with Gasteiger partial charge in [0.05, 0.1) is 0 Å². The van der Waals surface area contributed by atoms with Gasteiger partial charge in [-0.2, -0.15) is 0 Å². The Kier molecular flexibility index (Phi) is 6.32. The SMILES string of the molecule is COCC(=O)Nc1ccc(NC(=O)CCc2ccccc2)cc1. The molecule has 2 aromatic rings. The van der Waals surface area contributed by atoms with Gasteiger partial charge in [-0.05, 0) is 36.2 Å². The predicted octanol–water partition coefficient (Wildman–Crippen LogP) is 2.84. The van der Waals surface area contributed by atoms with E-state index >= 15 is 0 Å². The second-order valence-electron chi connectivity index (χ2n) is 5.09. The number of nitrogens with one attached hydrogen (secondary N) is 2. The lowest BCUT2D eigenvalue weighted by atomic mass is 10.1. The van der Waals surface area contributed by atoms with Crippen LogP contribution in [0.25, 0.3) is 0 Å². The van der Waals surface area contributed by atoms with Crippen LogP contribution >= 0.6 is 0 Å². The molecule has 0 aliphatic carbocycles. The fraction of sp³-hybridized carbons (Fsp3) is 0.222. The number of carbonyl (C=O) groups is 2. The van der Waals surface area contributed by atoms with Crippen LogP contribution in [-0.2, 0) is 20.7 Å². The first-order valence-electron chi connectivity index (χ1n) is 7.40. The van der Waals surface area contributed by atoms with E-state index in [0.717, 1.165) is 5.56 Å². The third-order valence-corrected chi connectivity index (χ3v) is 3.21. The van der Waals surface area contributed by atoms with Crippen LogP contribution in [-0.4, -0.2) is 25.5 Å². The minimum absolute atomic E-state index is 0.0119. The van der Waals surface area contributed by atoms with Crippen LogP contribution in [0.1, 0.15) is 12.0 Å². The van der Waals surface area contributed by atoms with Crippen molar-refractivity contribution in [2.45, 2.75) is 12.8 Å². The smallest absolute Gasteiger partial charge is 0.250 e. The minimum Gasteiger partial charge on any atom is -0.375 e. The van der Waals surface area contributed by atoms with E-state index in [4.69, 9.17) is 4.74 Å². The van der Waals surface area contributed by atoms with Gasteiger partial charge >= 0.3 is 0 Å². The molecule has 0 unspecified atom stereocenters. The average Bonchev–Trinajstić information content (AvgIpc) is 2.56. The van der Waals surface area contributed by atoms with Crippen molar-refractivity contribution in [3.8, 4) is 0 Å². The normalized spacial score (nSPS) is 10.1. The number of anilines is 2. The number of ether oxygens (including phenoxy) is 1. The van der Waals surface area contributed by atoms with E-state index in [1.165, 1.54) is 7.11 Å². The summed E-state index contributed by atoms with van der Waals surface area (Å²) in [5.41, 5.74) is 2.50. The quantitative estimate of drug-likeness (QED) is 0.826. The van der Waals surface area contributed by atoms with Crippen molar-refractivity contribution in [1.29, 1.82) is 0 Å². The molecule has 0 radical (unpaired) electrons. The molecular weight excluding hydrogens is 292 g/mol. The molecule has 0 aliphatic heterocycles. The van der Waals surface area contributed by atoms with E-state index in [1.54, 1.807) is 24.3 Å². The van der Waals surface area contributed by atoms with Crippen molar-refractivity contribution in [3.05, 3.63) is 60.2 Å². The average molecular weight is 312 g/mol. The molecule has 0 fully saturated rings. The van der Waals surface area contributed by atoms with Crippen LogP contribution in [0.15, 0.2) is 54.6 Å². The summed E-state index contributed by atoms with van der Waals surface area (Å²) < 4.78 is 4.75. The number of amides is 2. The molecule has 2 rings (SSSR count). The van der Waals surface area contributed by atoms with Crippen LogP contribution in [0.2, 0.25) is 0 Å². The number of hydrogen-bond donors (Lipinski definition) is 2. The lowest BCUT2D eigenvalue weighted by Gasteiger charge is -2.08. The summed E-state index contributed by atoms with van der Waals surface area (Å²) in [5, 5.41) is 5.53. The van der Waals surface area contributed by atoms with Crippen molar-refractivity contribution in [2.75, 3.05) is 24.4 Å². The summed E-state index contributed by atoms with van der Waals surface area (Å²) in [6.07, 6.45) is 1.13. The number of carbonyl (C=O) groups excluding carboxylic acids is 2. The molecule has 23 heavy (non-hydrogen) atoms. The van der Waals surface area contributed by atoms with Crippen molar-refractivity contribution in [3.63, 3.8) is 0 Å². The Labute approximate surface area is 135 Å². The van der Waals surface area contributed by atoms with E-state index < -0.39 is 0 Å². The van der Waals surface area contributed by atoms with Gasteiger partial charge in [-0.15, -0.1) is 0 Å². The molecule has 0 saturated heterocycles. The molecule has 0 aromatic heterocycles. The van der Waals surface area contributed by atoms with Crippen molar-refractivity contribution in [2.24, 2.45) is 0 Å². The zero-order valence-electron chi connectivity index (χ0n) is 13.0. The zero-order chi connectivity index (χ0) is 16.5. The Morgan fingerprint density at radius 2 is 1.43 bits per heavy atom. The fourth-order valence-corrected chi connectivity index (χ4v) is 2.09. The highest BCUT2D eigenvalue weighted by molar-refractivity contribution is 5.93.